The van der Waals surface area contributed by atoms with Gasteiger partial charge in [0.1, 0.15) is 17.5 Å². The number of rotatable bonds is 7. The van der Waals surface area contributed by atoms with Crippen LogP contribution in [0.25, 0.3) is 0 Å². The number of aryl methyl sites for hydroxylation is 1. The maximum Gasteiger partial charge on any atom is 0.224 e. The van der Waals surface area contributed by atoms with Gasteiger partial charge in [0.2, 0.25) is 5.91 Å². The number of carbonyl (C=O) groups is 1. The van der Waals surface area contributed by atoms with Crippen molar-refractivity contribution in [3.05, 3.63) is 42.1 Å². The number of H-pyrrole nitrogens is 1. The molecule has 0 bridgehead atoms. The average molecular weight is 507 g/mol. The van der Waals surface area contributed by atoms with Crippen molar-refractivity contribution in [3.8, 4) is 0 Å². The van der Waals surface area contributed by atoms with Gasteiger partial charge < -0.3 is 20.4 Å². The van der Waals surface area contributed by atoms with E-state index in [-0.39, 0.29) is 5.91 Å². The number of nitrogens with one attached hydrogen (secondary N) is 3. The summed E-state index contributed by atoms with van der Waals surface area (Å²) in [4.78, 5) is 27.3. The Hall–Kier alpha value is -3.11. The molecule has 0 unspecified atom stereocenters. The third-order valence-electron chi connectivity index (χ3n) is 7.11. The number of anilines is 4. The highest BCUT2D eigenvalue weighted by Gasteiger charge is 2.39. The molecule has 9 nitrogen and oxygen atoms in total. The standard InChI is InChI=1S/C26H34N8OS/c1-4-24(35)27-19-5-7-20(8-6-19)36-25-29-21(28-22-15-18(2)31-32-22)16-23(30-25)34-13-10-26(11-14-34)9-12-33(3)17-26/h5-8,15-16H,4,9-14,17H2,1-3H3,(H,27,35)(H2,28,29,30,31,32). The molecule has 1 aromatic carbocycles. The molecule has 3 N–H and O–H groups in total. The second-order valence-corrected chi connectivity index (χ2v) is 11.0. The minimum Gasteiger partial charge on any atom is -0.356 e. The molecule has 0 radical (unpaired) electrons. The average Bonchev–Trinajstić information content (AvgIpc) is 3.45. The molecule has 0 aliphatic carbocycles. The van der Waals surface area contributed by atoms with Crippen LogP contribution < -0.4 is 15.5 Å². The fourth-order valence-electron chi connectivity index (χ4n) is 5.05. The van der Waals surface area contributed by atoms with Crippen molar-refractivity contribution < 1.29 is 4.79 Å². The predicted molar refractivity (Wildman–Crippen MR) is 144 cm³/mol. The van der Waals surface area contributed by atoms with Crippen molar-refractivity contribution in [3.63, 3.8) is 0 Å². The normalized spacial score (nSPS) is 17.5. The molecule has 2 saturated heterocycles. The summed E-state index contributed by atoms with van der Waals surface area (Å²) in [5.41, 5.74) is 2.16. The maximum atomic E-state index is 11.7. The molecule has 1 spiro atoms. The lowest BCUT2D eigenvalue weighted by atomic mass is 9.78. The van der Waals surface area contributed by atoms with E-state index in [1.54, 1.807) is 0 Å². The number of aromatic nitrogens is 4. The Morgan fingerprint density at radius 1 is 1.11 bits per heavy atom. The molecule has 2 aromatic heterocycles. The lowest BCUT2D eigenvalue weighted by Gasteiger charge is -2.39. The van der Waals surface area contributed by atoms with Gasteiger partial charge in [0.15, 0.2) is 5.16 Å². The Kier molecular flexibility index (Phi) is 7.15. The van der Waals surface area contributed by atoms with Crippen LogP contribution in [0.2, 0.25) is 0 Å². The molecule has 10 heteroatoms. The van der Waals surface area contributed by atoms with Crippen LogP contribution >= 0.6 is 11.8 Å². The zero-order valence-corrected chi connectivity index (χ0v) is 22.0. The van der Waals surface area contributed by atoms with E-state index in [0.29, 0.717) is 17.0 Å². The van der Waals surface area contributed by atoms with Gasteiger partial charge in [-0.25, -0.2) is 9.97 Å². The second-order valence-electron chi connectivity index (χ2n) is 9.94. The number of amides is 1. The van der Waals surface area contributed by atoms with Crippen molar-refractivity contribution >= 4 is 40.8 Å². The quantitative estimate of drug-likeness (QED) is 0.397. The van der Waals surface area contributed by atoms with Crippen LogP contribution in [0.5, 0.6) is 0 Å². The van der Waals surface area contributed by atoms with E-state index in [1.807, 2.05) is 50.2 Å². The van der Waals surface area contributed by atoms with Gasteiger partial charge in [-0.1, -0.05) is 6.92 Å². The summed E-state index contributed by atoms with van der Waals surface area (Å²) >= 11 is 1.51. The van der Waals surface area contributed by atoms with Gasteiger partial charge in [0.25, 0.3) is 0 Å². The largest absolute Gasteiger partial charge is 0.356 e. The fraction of sp³-hybridized carbons (Fsp3) is 0.462. The van der Waals surface area contributed by atoms with Crippen LogP contribution in [0.3, 0.4) is 0 Å². The molecular formula is C26H34N8OS. The first-order valence-corrected chi connectivity index (χ1v) is 13.4. The Morgan fingerprint density at radius 3 is 2.50 bits per heavy atom. The van der Waals surface area contributed by atoms with E-state index in [0.717, 1.165) is 46.8 Å². The van der Waals surface area contributed by atoms with E-state index in [9.17, 15) is 4.79 Å². The zero-order valence-electron chi connectivity index (χ0n) is 21.2. The Labute approximate surface area is 216 Å². The van der Waals surface area contributed by atoms with Crippen molar-refractivity contribution in [2.24, 2.45) is 5.41 Å². The van der Waals surface area contributed by atoms with E-state index in [1.165, 1.54) is 44.1 Å². The van der Waals surface area contributed by atoms with Gasteiger partial charge >= 0.3 is 0 Å². The van der Waals surface area contributed by atoms with E-state index >= 15 is 0 Å². The highest BCUT2D eigenvalue weighted by atomic mass is 32.2. The fourth-order valence-corrected chi connectivity index (χ4v) is 5.81. The number of carbonyl (C=O) groups excluding carboxylic acids is 1. The number of piperidine rings is 1. The first-order chi connectivity index (χ1) is 17.4. The van der Waals surface area contributed by atoms with Gasteiger partial charge in [-0.2, -0.15) is 5.10 Å². The van der Waals surface area contributed by atoms with Crippen LogP contribution in [-0.2, 0) is 4.79 Å². The molecule has 1 amide bonds. The SMILES string of the molecule is CCC(=O)Nc1ccc(Sc2nc(Nc3cc(C)n[nH]3)cc(N3CCC4(CCN(C)C4)CC3)n2)cc1. The number of nitrogens with zero attached hydrogens (tertiary/aromatic N) is 5. The molecule has 2 fully saturated rings. The second kappa shape index (κ2) is 10.5. The molecular weight excluding hydrogens is 472 g/mol. The highest BCUT2D eigenvalue weighted by molar-refractivity contribution is 7.99. The topological polar surface area (TPSA) is 102 Å². The third kappa shape index (κ3) is 5.82. The number of hydrogen-bond donors (Lipinski definition) is 3. The van der Waals surface area contributed by atoms with Crippen LogP contribution in [0.1, 0.15) is 38.3 Å². The molecule has 190 valence electrons. The van der Waals surface area contributed by atoms with E-state index in [2.05, 4.69) is 37.7 Å². The van der Waals surface area contributed by atoms with Crippen LogP contribution in [0.4, 0.5) is 23.1 Å². The van der Waals surface area contributed by atoms with Gasteiger partial charge in [0, 0.05) is 48.8 Å². The van der Waals surface area contributed by atoms with Crippen LogP contribution in [-0.4, -0.2) is 64.2 Å². The van der Waals surface area contributed by atoms with Gasteiger partial charge in [-0.15, -0.1) is 0 Å². The zero-order chi connectivity index (χ0) is 25.1. The third-order valence-corrected chi connectivity index (χ3v) is 7.98. The molecule has 0 atom stereocenters. The lowest BCUT2D eigenvalue weighted by Crippen LogP contribution is -2.41. The summed E-state index contributed by atoms with van der Waals surface area (Å²) < 4.78 is 0. The van der Waals surface area contributed by atoms with Crippen molar-refractivity contribution in [2.45, 2.75) is 49.6 Å². The molecule has 2 aliphatic heterocycles. The molecule has 3 aromatic rings. The molecule has 2 aliphatic rings. The minimum absolute atomic E-state index is 0.00348. The molecule has 0 saturated carbocycles. The molecule has 5 rings (SSSR count). The smallest absolute Gasteiger partial charge is 0.224 e. The first-order valence-electron chi connectivity index (χ1n) is 12.6. The first kappa shape index (κ1) is 24.6. The van der Waals surface area contributed by atoms with Crippen LogP contribution in [0.15, 0.2) is 46.5 Å². The molecule has 4 heterocycles. The number of benzene rings is 1. The maximum absolute atomic E-state index is 11.7. The monoisotopic (exact) mass is 506 g/mol. The summed E-state index contributed by atoms with van der Waals surface area (Å²) in [6.07, 6.45) is 4.13. The predicted octanol–water partition coefficient (Wildman–Crippen LogP) is 4.67. The highest BCUT2D eigenvalue weighted by Crippen LogP contribution is 2.41. The Balaban J connectivity index is 1.35. The van der Waals surface area contributed by atoms with Gasteiger partial charge in [0.05, 0.1) is 5.69 Å². The Morgan fingerprint density at radius 2 is 1.86 bits per heavy atom. The minimum atomic E-state index is 0.00348. The summed E-state index contributed by atoms with van der Waals surface area (Å²) in [6, 6.07) is 11.8. The summed E-state index contributed by atoms with van der Waals surface area (Å²) in [5.74, 6) is 2.48. The van der Waals surface area contributed by atoms with E-state index < -0.39 is 0 Å². The van der Waals surface area contributed by atoms with Crippen molar-refractivity contribution in [1.82, 2.24) is 25.1 Å². The van der Waals surface area contributed by atoms with Crippen LogP contribution in [0, 0.1) is 12.3 Å². The summed E-state index contributed by atoms with van der Waals surface area (Å²) in [6.45, 7) is 8.20. The number of hydrogen-bond acceptors (Lipinski definition) is 8. The Bertz CT molecular complexity index is 1200. The van der Waals surface area contributed by atoms with Crippen molar-refractivity contribution in [1.29, 1.82) is 0 Å². The summed E-state index contributed by atoms with van der Waals surface area (Å²) in [5, 5.41) is 14.1. The lowest BCUT2D eigenvalue weighted by molar-refractivity contribution is -0.115. The number of aromatic amines is 1. The summed E-state index contributed by atoms with van der Waals surface area (Å²) in [7, 11) is 2.23. The van der Waals surface area contributed by atoms with Gasteiger partial charge in [-0.05, 0) is 81.2 Å². The number of likely N-dealkylation sites (tertiary alicyclic amines) is 1. The van der Waals surface area contributed by atoms with Gasteiger partial charge in [-0.3, -0.25) is 9.89 Å². The van der Waals surface area contributed by atoms with Crippen molar-refractivity contribution in [2.75, 3.05) is 48.8 Å². The molecule has 36 heavy (non-hydrogen) atoms. The van der Waals surface area contributed by atoms with E-state index in [4.69, 9.17) is 9.97 Å².